The van der Waals surface area contributed by atoms with E-state index in [0.717, 1.165) is 41.7 Å². The molecule has 1 atom stereocenters. The predicted octanol–water partition coefficient (Wildman–Crippen LogP) is 6.79. The van der Waals surface area contributed by atoms with Gasteiger partial charge < -0.3 is 25.1 Å². The topological polar surface area (TPSA) is 171 Å². The third-order valence-corrected chi connectivity index (χ3v) is 13.3. The molecular formula is C45H63N5O7S. The Labute approximate surface area is 344 Å². The van der Waals surface area contributed by atoms with E-state index in [0.29, 0.717) is 17.5 Å². The number of sulfonamides is 1. The molecule has 0 fully saturated rings. The summed E-state index contributed by atoms with van der Waals surface area (Å²) in [5.74, 6) is -0.953. The molecule has 2 aromatic carbocycles. The molecule has 0 unspecified atom stereocenters. The van der Waals surface area contributed by atoms with E-state index in [1.54, 1.807) is 46.9 Å². The number of nitrogens with two attached hydrogens (primary N) is 1. The SMILES string of the molecule is Cc1c(C)c(S(=O)(=O)NC(N)=NCCC[C@H](NC(=O)c2cccn(Cc3ccc4c(c3)C(C)(C)CCC4(C)C)c2=O)C(=O)OC(C)(C)C)c(C)c2c1OC(C)(C)CC2. The molecule has 13 heteroatoms. The summed E-state index contributed by atoms with van der Waals surface area (Å²) in [5.41, 5.74) is 10.8. The van der Waals surface area contributed by atoms with Gasteiger partial charge >= 0.3 is 5.97 Å². The molecule has 58 heavy (non-hydrogen) atoms. The number of benzene rings is 2. The summed E-state index contributed by atoms with van der Waals surface area (Å²) >= 11 is 0. The van der Waals surface area contributed by atoms with Gasteiger partial charge in [-0.25, -0.2) is 17.9 Å². The van der Waals surface area contributed by atoms with E-state index in [1.807, 2.05) is 26.8 Å². The van der Waals surface area contributed by atoms with Crippen molar-refractivity contribution in [1.82, 2.24) is 14.6 Å². The van der Waals surface area contributed by atoms with Crippen LogP contribution in [0.2, 0.25) is 0 Å². The normalized spacial score (nSPS) is 17.6. The van der Waals surface area contributed by atoms with Crippen molar-refractivity contribution in [2.24, 2.45) is 10.7 Å². The fraction of sp³-hybridized carbons (Fsp3) is 0.556. The summed E-state index contributed by atoms with van der Waals surface area (Å²) < 4.78 is 43.2. The number of hydrogen-bond donors (Lipinski definition) is 3. The summed E-state index contributed by atoms with van der Waals surface area (Å²) in [5, 5.41) is 2.72. The van der Waals surface area contributed by atoms with E-state index < -0.39 is 39.1 Å². The van der Waals surface area contributed by atoms with E-state index >= 15 is 0 Å². The van der Waals surface area contributed by atoms with Gasteiger partial charge in [0, 0.05) is 12.7 Å². The molecule has 1 aromatic heterocycles. The molecule has 4 N–H and O–H groups in total. The molecule has 1 aliphatic heterocycles. The molecule has 2 heterocycles. The maximum atomic E-state index is 13.7. The van der Waals surface area contributed by atoms with Gasteiger partial charge in [0.15, 0.2) is 0 Å². The molecule has 0 spiro atoms. The quantitative estimate of drug-likeness (QED) is 0.0822. The molecule has 3 aromatic rings. The minimum Gasteiger partial charge on any atom is -0.487 e. The van der Waals surface area contributed by atoms with E-state index in [1.165, 1.54) is 21.8 Å². The Morgan fingerprint density at radius 2 is 1.62 bits per heavy atom. The Morgan fingerprint density at radius 1 is 0.966 bits per heavy atom. The van der Waals surface area contributed by atoms with Crippen LogP contribution in [0.1, 0.15) is 144 Å². The first-order chi connectivity index (χ1) is 26.7. The second-order valence-corrected chi connectivity index (χ2v) is 20.6. The van der Waals surface area contributed by atoms with Crippen LogP contribution in [0.15, 0.2) is 51.2 Å². The lowest BCUT2D eigenvalue weighted by atomic mass is 9.63. The number of carbonyl (C=O) groups is 2. The number of carbonyl (C=O) groups excluding carboxylic acids is 2. The van der Waals surface area contributed by atoms with Crippen LogP contribution in [-0.4, -0.2) is 54.6 Å². The number of rotatable bonds is 11. The van der Waals surface area contributed by atoms with Crippen LogP contribution in [-0.2, 0) is 43.4 Å². The smallest absolute Gasteiger partial charge is 0.329 e. The van der Waals surface area contributed by atoms with Crippen LogP contribution in [0.5, 0.6) is 5.75 Å². The van der Waals surface area contributed by atoms with Crippen molar-refractivity contribution < 1.29 is 27.5 Å². The molecule has 0 radical (unpaired) electrons. The van der Waals surface area contributed by atoms with Crippen molar-refractivity contribution >= 4 is 27.9 Å². The van der Waals surface area contributed by atoms with Gasteiger partial charge in [-0.1, -0.05) is 45.9 Å². The van der Waals surface area contributed by atoms with Gasteiger partial charge in [0.05, 0.1) is 11.4 Å². The average Bonchev–Trinajstić information content (AvgIpc) is 3.10. The van der Waals surface area contributed by atoms with Gasteiger partial charge in [-0.3, -0.25) is 14.6 Å². The Hall–Kier alpha value is -4.65. The highest BCUT2D eigenvalue weighted by Crippen LogP contribution is 2.46. The molecule has 316 valence electrons. The largest absolute Gasteiger partial charge is 0.487 e. The number of ether oxygens (including phenoxy) is 2. The summed E-state index contributed by atoms with van der Waals surface area (Å²) in [6.07, 6.45) is 5.57. The molecule has 0 saturated carbocycles. The van der Waals surface area contributed by atoms with Crippen LogP contribution in [0, 0.1) is 20.8 Å². The van der Waals surface area contributed by atoms with Gasteiger partial charge in [-0.2, -0.15) is 0 Å². The lowest BCUT2D eigenvalue weighted by Gasteiger charge is -2.42. The fourth-order valence-corrected chi connectivity index (χ4v) is 9.61. The Balaban J connectivity index is 1.29. The Morgan fingerprint density at radius 3 is 2.28 bits per heavy atom. The van der Waals surface area contributed by atoms with Gasteiger partial charge in [0.2, 0.25) is 5.96 Å². The third kappa shape index (κ3) is 9.78. The highest BCUT2D eigenvalue weighted by molar-refractivity contribution is 7.90. The second-order valence-electron chi connectivity index (χ2n) is 19.0. The second kappa shape index (κ2) is 16.2. The Bertz CT molecular complexity index is 2300. The number of guanidine groups is 1. The van der Waals surface area contributed by atoms with Crippen LogP contribution in [0.3, 0.4) is 0 Å². The number of aliphatic imine (C=N–C) groups is 1. The van der Waals surface area contributed by atoms with Crippen molar-refractivity contribution in [1.29, 1.82) is 0 Å². The number of amides is 1. The summed E-state index contributed by atoms with van der Waals surface area (Å²) in [4.78, 5) is 45.1. The number of hydrogen-bond acceptors (Lipinski definition) is 8. The number of nitrogens with zero attached hydrogens (tertiary/aromatic N) is 2. The average molecular weight is 818 g/mol. The van der Waals surface area contributed by atoms with E-state index in [9.17, 15) is 22.8 Å². The minimum atomic E-state index is -4.11. The standard InChI is InChI=1S/C45H63N5O7S/c1-27-28(2)37(29(3)31-19-20-45(11,12)56-36(27)31)58(54,55)49-41(46)47-23-13-16-35(40(53)57-42(4,5)6)48-38(51)32-15-14-24-50(39(32)52)26-30-17-18-33-34(25-30)44(9,10)22-21-43(33,7)8/h14-15,17-18,24-25,35H,13,16,19-23,26H2,1-12H3,(H,48,51)(H3,46,47,49)/t35-/m0/s1. The monoisotopic (exact) mass is 817 g/mol. The minimum absolute atomic E-state index is 0.00282. The lowest BCUT2D eigenvalue weighted by molar-refractivity contribution is -0.157. The van der Waals surface area contributed by atoms with Crippen LogP contribution >= 0.6 is 0 Å². The maximum absolute atomic E-state index is 13.7. The van der Waals surface area contributed by atoms with Gasteiger partial charge in [-0.15, -0.1) is 0 Å². The molecule has 1 amide bonds. The van der Waals surface area contributed by atoms with Crippen molar-refractivity contribution in [2.45, 2.75) is 161 Å². The number of fused-ring (bicyclic) bond motifs is 2. The zero-order chi connectivity index (χ0) is 43.2. The molecule has 0 bridgehead atoms. The first kappa shape index (κ1) is 44.5. The number of pyridine rings is 1. The van der Waals surface area contributed by atoms with Crippen molar-refractivity contribution in [3.05, 3.63) is 91.4 Å². The fourth-order valence-electron chi connectivity index (χ4n) is 8.09. The summed E-state index contributed by atoms with van der Waals surface area (Å²) in [6, 6.07) is 8.37. The molecule has 5 rings (SSSR count). The molecule has 12 nitrogen and oxygen atoms in total. The lowest BCUT2D eigenvalue weighted by Crippen LogP contribution is -2.46. The van der Waals surface area contributed by atoms with E-state index in [-0.39, 0.29) is 58.8 Å². The van der Waals surface area contributed by atoms with Crippen molar-refractivity contribution in [3.8, 4) is 5.75 Å². The first-order valence-electron chi connectivity index (χ1n) is 20.2. The van der Waals surface area contributed by atoms with E-state index in [4.69, 9.17) is 15.2 Å². The Kier molecular flexibility index (Phi) is 12.4. The van der Waals surface area contributed by atoms with Gasteiger partial charge in [0.1, 0.15) is 28.6 Å². The van der Waals surface area contributed by atoms with Gasteiger partial charge in [0.25, 0.3) is 21.5 Å². The van der Waals surface area contributed by atoms with Crippen LogP contribution in [0.4, 0.5) is 0 Å². The van der Waals surface area contributed by atoms with Crippen LogP contribution in [0.25, 0.3) is 0 Å². The van der Waals surface area contributed by atoms with Crippen molar-refractivity contribution in [2.75, 3.05) is 6.54 Å². The number of aromatic nitrogens is 1. The van der Waals surface area contributed by atoms with E-state index in [2.05, 4.69) is 54.9 Å². The molecule has 2 aliphatic rings. The van der Waals surface area contributed by atoms with Gasteiger partial charge in [-0.05, 0) is 156 Å². The number of nitrogens with one attached hydrogen (secondary N) is 2. The highest BCUT2D eigenvalue weighted by Gasteiger charge is 2.37. The number of esters is 1. The maximum Gasteiger partial charge on any atom is 0.329 e. The summed E-state index contributed by atoms with van der Waals surface area (Å²) in [7, 11) is -4.11. The molecular weight excluding hydrogens is 755 g/mol. The molecule has 0 saturated heterocycles. The van der Waals surface area contributed by atoms with Crippen LogP contribution < -0.4 is 26.1 Å². The zero-order valence-electron chi connectivity index (χ0n) is 36.4. The summed E-state index contributed by atoms with van der Waals surface area (Å²) in [6.45, 7) is 23.9. The third-order valence-electron chi connectivity index (χ3n) is 11.6. The highest BCUT2D eigenvalue weighted by atomic mass is 32.2. The first-order valence-corrected chi connectivity index (χ1v) is 21.7. The zero-order valence-corrected chi connectivity index (χ0v) is 37.3. The van der Waals surface area contributed by atoms with Crippen molar-refractivity contribution in [3.63, 3.8) is 0 Å². The molecule has 1 aliphatic carbocycles. The predicted molar refractivity (Wildman–Crippen MR) is 228 cm³/mol.